The molecule has 0 unspecified atom stereocenters. The SMILES string of the molecule is COc1cc2c(=O)n(Cc3ccccc3C#N)c(N3CCCCC3)nc2cn1. The van der Waals surface area contributed by atoms with E-state index in [0.717, 1.165) is 31.5 Å². The minimum atomic E-state index is -0.154. The third-order valence-corrected chi connectivity index (χ3v) is 5.11. The van der Waals surface area contributed by atoms with Gasteiger partial charge in [0, 0.05) is 19.2 Å². The fourth-order valence-corrected chi connectivity index (χ4v) is 3.62. The van der Waals surface area contributed by atoms with E-state index in [4.69, 9.17) is 9.72 Å². The van der Waals surface area contributed by atoms with Crippen LogP contribution >= 0.6 is 0 Å². The third-order valence-electron chi connectivity index (χ3n) is 5.11. The minimum absolute atomic E-state index is 0.154. The van der Waals surface area contributed by atoms with Crippen LogP contribution in [0.2, 0.25) is 0 Å². The molecule has 1 aromatic carbocycles. The first kappa shape index (κ1) is 18.0. The molecular formula is C21H21N5O2. The number of pyridine rings is 1. The second kappa shape index (κ2) is 7.69. The highest BCUT2D eigenvalue weighted by molar-refractivity contribution is 5.79. The van der Waals surface area contributed by atoms with Gasteiger partial charge >= 0.3 is 0 Å². The summed E-state index contributed by atoms with van der Waals surface area (Å²) < 4.78 is 6.85. The van der Waals surface area contributed by atoms with Crippen molar-refractivity contribution in [3.63, 3.8) is 0 Å². The first-order valence-electron chi connectivity index (χ1n) is 9.39. The number of hydrogen-bond donors (Lipinski definition) is 0. The van der Waals surface area contributed by atoms with E-state index in [2.05, 4.69) is 16.0 Å². The standard InChI is InChI=1S/C21H21N5O2/c1-28-19-11-17-18(13-23-19)24-21(25-9-5-2-6-10-25)26(20(17)27)14-16-8-4-3-7-15(16)12-22/h3-4,7-8,11,13H,2,5-6,9-10,14H2,1H3. The Hall–Kier alpha value is -3.40. The van der Waals surface area contributed by atoms with Crippen LogP contribution in [0.15, 0.2) is 41.3 Å². The van der Waals surface area contributed by atoms with E-state index in [1.165, 1.54) is 13.5 Å². The van der Waals surface area contributed by atoms with Crippen LogP contribution in [0.5, 0.6) is 5.88 Å². The average Bonchev–Trinajstić information content (AvgIpc) is 2.76. The molecule has 0 N–H and O–H groups in total. The summed E-state index contributed by atoms with van der Waals surface area (Å²) in [4.78, 5) is 24.5. The van der Waals surface area contributed by atoms with Crippen molar-refractivity contribution < 1.29 is 4.74 Å². The molecule has 7 nitrogen and oxygen atoms in total. The van der Waals surface area contributed by atoms with Gasteiger partial charge in [-0.3, -0.25) is 9.36 Å². The molecule has 1 saturated heterocycles. The van der Waals surface area contributed by atoms with Gasteiger partial charge in [0.25, 0.3) is 5.56 Å². The Morgan fingerprint density at radius 2 is 2.00 bits per heavy atom. The maximum atomic E-state index is 13.4. The van der Waals surface area contributed by atoms with Crippen molar-refractivity contribution >= 4 is 16.9 Å². The average molecular weight is 375 g/mol. The van der Waals surface area contributed by atoms with Gasteiger partial charge in [0.1, 0.15) is 0 Å². The van der Waals surface area contributed by atoms with E-state index in [0.29, 0.717) is 34.8 Å². The molecule has 3 heterocycles. The van der Waals surface area contributed by atoms with Gasteiger partial charge in [-0.1, -0.05) is 18.2 Å². The lowest BCUT2D eigenvalue weighted by atomic mass is 10.1. The number of methoxy groups -OCH3 is 1. The predicted octanol–water partition coefficient (Wildman–Crippen LogP) is 2.71. The Labute approximate surface area is 162 Å². The van der Waals surface area contributed by atoms with Crippen LogP contribution in [0.4, 0.5) is 5.95 Å². The summed E-state index contributed by atoms with van der Waals surface area (Å²) in [5, 5.41) is 9.90. The number of nitriles is 1. The lowest BCUT2D eigenvalue weighted by molar-refractivity contribution is 0.398. The van der Waals surface area contributed by atoms with E-state index in [1.807, 2.05) is 18.2 Å². The molecule has 4 rings (SSSR count). The third kappa shape index (κ3) is 3.29. The van der Waals surface area contributed by atoms with Gasteiger partial charge in [-0.25, -0.2) is 9.97 Å². The van der Waals surface area contributed by atoms with Gasteiger partial charge in [-0.05, 0) is 30.9 Å². The molecule has 1 aliphatic heterocycles. The molecular weight excluding hydrogens is 354 g/mol. The summed E-state index contributed by atoms with van der Waals surface area (Å²) in [6.45, 7) is 2.02. The van der Waals surface area contributed by atoms with Crippen molar-refractivity contribution in [3.8, 4) is 11.9 Å². The molecule has 28 heavy (non-hydrogen) atoms. The highest BCUT2D eigenvalue weighted by Crippen LogP contribution is 2.22. The smallest absolute Gasteiger partial charge is 0.263 e. The molecule has 0 atom stereocenters. The fourth-order valence-electron chi connectivity index (χ4n) is 3.62. The van der Waals surface area contributed by atoms with Gasteiger partial charge in [0.05, 0.1) is 42.4 Å². The zero-order chi connectivity index (χ0) is 19.5. The Morgan fingerprint density at radius 1 is 1.21 bits per heavy atom. The van der Waals surface area contributed by atoms with Crippen molar-refractivity contribution in [2.75, 3.05) is 25.1 Å². The molecule has 0 aliphatic carbocycles. The van der Waals surface area contributed by atoms with Gasteiger partial charge < -0.3 is 9.64 Å². The maximum absolute atomic E-state index is 13.4. The summed E-state index contributed by atoms with van der Waals surface area (Å²) in [5.74, 6) is 1.01. The quantitative estimate of drug-likeness (QED) is 0.697. The molecule has 0 amide bonds. The zero-order valence-corrected chi connectivity index (χ0v) is 15.8. The van der Waals surface area contributed by atoms with E-state index < -0.39 is 0 Å². The second-order valence-electron chi connectivity index (χ2n) is 6.86. The van der Waals surface area contributed by atoms with Crippen molar-refractivity contribution in [2.24, 2.45) is 0 Å². The van der Waals surface area contributed by atoms with E-state index in [-0.39, 0.29) is 5.56 Å². The normalized spacial score (nSPS) is 14.1. The van der Waals surface area contributed by atoms with Gasteiger partial charge in [0.2, 0.25) is 11.8 Å². The maximum Gasteiger partial charge on any atom is 0.263 e. The van der Waals surface area contributed by atoms with Gasteiger partial charge in [0.15, 0.2) is 0 Å². The Morgan fingerprint density at radius 3 is 2.75 bits per heavy atom. The highest BCUT2D eigenvalue weighted by atomic mass is 16.5. The summed E-state index contributed by atoms with van der Waals surface area (Å²) in [6.07, 6.45) is 4.91. The van der Waals surface area contributed by atoms with Crippen molar-refractivity contribution in [3.05, 3.63) is 58.0 Å². The van der Waals surface area contributed by atoms with Gasteiger partial charge in [-0.2, -0.15) is 5.26 Å². The lowest BCUT2D eigenvalue weighted by Gasteiger charge is -2.30. The highest BCUT2D eigenvalue weighted by Gasteiger charge is 2.20. The number of hydrogen-bond acceptors (Lipinski definition) is 6. The number of ether oxygens (including phenoxy) is 1. The zero-order valence-electron chi connectivity index (χ0n) is 15.8. The number of anilines is 1. The Kier molecular flexibility index (Phi) is 4.94. The fraction of sp³-hybridized carbons (Fsp3) is 0.333. The van der Waals surface area contributed by atoms with Crippen molar-refractivity contribution in [1.29, 1.82) is 5.26 Å². The van der Waals surface area contributed by atoms with Crippen LogP contribution < -0.4 is 15.2 Å². The molecule has 2 aromatic heterocycles. The lowest BCUT2D eigenvalue weighted by Crippen LogP contribution is -2.36. The first-order chi connectivity index (χ1) is 13.7. The molecule has 1 aliphatic rings. The van der Waals surface area contributed by atoms with Crippen LogP contribution in [0.3, 0.4) is 0 Å². The van der Waals surface area contributed by atoms with Crippen LogP contribution in [0.25, 0.3) is 10.9 Å². The molecule has 0 saturated carbocycles. The van der Waals surface area contributed by atoms with Crippen molar-refractivity contribution in [2.45, 2.75) is 25.8 Å². The first-order valence-corrected chi connectivity index (χ1v) is 9.39. The number of piperidine rings is 1. The summed E-state index contributed by atoms with van der Waals surface area (Å²) in [6, 6.07) is 11.2. The van der Waals surface area contributed by atoms with E-state index >= 15 is 0 Å². The van der Waals surface area contributed by atoms with Crippen LogP contribution in [0.1, 0.15) is 30.4 Å². The molecule has 0 spiro atoms. The minimum Gasteiger partial charge on any atom is -0.481 e. The summed E-state index contributed by atoms with van der Waals surface area (Å²) in [5.41, 5.74) is 1.76. The van der Waals surface area contributed by atoms with Gasteiger partial charge in [-0.15, -0.1) is 0 Å². The molecule has 3 aromatic rings. The second-order valence-corrected chi connectivity index (χ2v) is 6.86. The molecule has 0 bridgehead atoms. The largest absolute Gasteiger partial charge is 0.481 e. The van der Waals surface area contributed by atoms with Crippen LogP contribution in [-0.2, 0) is 6.54 Å². The Bertz CT molecular complexity index is 1110. The molecule has 1 fully saturated rings. The summed E-state index contributed by atoms with van der Waals surface area (Å²) >= 11 is 0. The molecule has 0 radical (unpaired) electrons. The topological polar surface area (TPSA) is 84.0 Å². The van der Waals surface area contributed by atoms with Crippen LogP contribution in [-0.4, -0.2) is 34.7 Å². The van der Waals surface area contributed by atoms with Crippen molar-refractivity contribution in [1.82, 2.24) is 14.5 Å². The van der Waals surface area contributed by atoms with Crippen LogP contribution in [0, 0.1) is 11.3 Å². The van der Waals surface area contributed by atoms with E-state index in [9.17, 15) is 10.1 Å². The number of aromatic nitrogens is 3. The Balaban J connectivity index is 1.91. The molecule has 142 valence electrons. The predicted molar refractivity (Wildman–Crippen MR) is 107 cm³/mol. The number of rotatable bonds is 4. The summed E-state index contributed by atoms with van der Waals surface area (Å²) in [7, 11) is 1.52. The molecule has 7 heteroatoms. The monoisotopic (exact) mass is 375 g/mol. The number of fused-ring (bicyclic) bond motifs is 1. The number of nitrogens with zero attached hydrogens (tertiary/aromatic N) is 5. The number of benzene rings is 1. The van der Waals surface area contributed by atoms with E-state index in [1.54, 1.807) is 22.9 Å².